The van der Waals surface area contributed by atoms with E-state index in [4.69, 9.17) is 5.10 Å². The second kappa shape index (κ2) is 14.5. The average Bonchev–Trinajstić information content (AvgIpc) is 3.50. The third kappa shape index (κ3) is 8.55. The molecule has 3 amide bonds. The second-order valence-electron chi connectivity index (χ2n) is 14.3. The fourth-order valence-corrected chi connectivity index (χ4v) is 6.19. The summed E-state index contributed by atoms with van der Waals surface area (Å²) in [6, 6.07) is 27.1. The van der Waals surface area contributed by atoms with Gasteiger partial charge in [0, 0.05) is 52.9 Å². The molecule has 3 N–H and O–H groups in total. The van der Waals surface area contributed by atoms with Crippen molar-refractivity contribution in [1.82, 2.24) is 24.6 Å². The summed E-state index contributed by atoms with van der Waals surface area (Å²) < 4.78 is 1.78. The highest BCUT2D eigenvalue weighted by Crippen LogP contribution is 2.28. The number of amides is 3. The number of rotatable bonds is 8. The molecular weight excluding hydrogens is 624 g/mol. The maximum atomic E-state index is 13.2. The number of piperidine rings is 1. The first-order valence-corrected chi connectivity index (χ1v) is 17.2. The molecule has 6 rings (SSSR count). The van der Waals surface area contributed by atoms with E-state index in [1.807, 2.05) is 98.5 Å². The summed E-state index contributed by atoms with van der Waals surface area (Å²) in [5, 5.41) is 14.0. The quantitative estimate of drug-likeness (QED) is 0.153. The van der Waals surface area contributed by atoms with E-state index in [9.17, 15) is 9.59 Å². The Labute approximate surface area is 294 Å². The van der Waals surface area contributed by atoms with Crippen LogP contribution < -0.4 is 16.0 Å². The molecular formula is C40H46N8O2. The predicted molar refractivity (Wildman–Crippen MR) is 200 cm³/mol. The van der Waals surface area contributed by atoms with Crippen LogP contribution in [0.5, 0.6) is 0 Å². The van der Waals surface area contributed by atoms with E-state index in [2.05, 4.69) is 58.8 Å². The Kier molecular flexibility index (Phi) is 9.99. The minimum absolute atomic E-state index is 0.0582. The number of nitrogens with one attached hydrogen (secondary N) is 3. The maximum absolute atomic E-state index is 13.2. The van der Waals surface area contributed by atoms with Crippen molar-refractivity contribution >= 4 is 35.1 Å². The first-order valence-electron chi connectivity index (χ1n) is 17.2. The van der Waals surface area contributed by atoms with Crippen molar-refractivity contribution < 1.29 is 9.59 Å². The molecule has 0 saturated carbocycles. The van der Waals surface area contributed by atoms with Gasteiger partial charge in [-0.2, -0.15) is 5.10 Å². The first-order chi connectivity index (χ1) is 23.9. The van der Waals surface area contributed by atoms with Crippen molar-refractivity contribution in [3.8, 4) is 5.69 Å². The van der Waals surface area contributed by atoms with Crippen LogP contribution in [-0.2, 0) is 11.8 Å². The Morgan fingerprint density at radius 2 is 1.40 bits per heavy atom. The van der Waals surface area contributed by atoms with Crippen molar-refractivity contribution in [2.45, 2.75) is 66.2 Å². The number of likely N-dealkylation sites (tertiary alicyclic amines) is 1. The molecule has 1 aliphatic heterocycles. The van der Waals surface area contributed by atoms with Gasteiger partial charge in [-0.25, -0.2) is 19.4 Å². The molecule has 10 nitrogen and oxygen atoms in total. The fourth-order valence-electron chi connectivity index (χ4n) is 6.19. The van der Waals surface area contributed by atoms with Gasteiger partial charge in [0.2, 0.25) is 5.95 Å². The highest BCUT2D eigenvalue weighted by Gasteiger charge is 2.24. The van der Waals surface area contributed by atoms with Gasteiger partial charge in [-0.3, -0.25) is 10.1 Å². The van der Waals surface area contributed by atoms with Crippen LogP contribution in [0.15, 0.2) is 84.9 Å². The van der Waals surface area contributed by atoms with E-state index < -0.39 is 0 Å². The monoisotopic (exact) mass is 670 g/mol. The number of urea groups is 1. The number of anilines is 4. The van der Waals surface area contributed by atoms with Gasteiger partial charge in [0.25, 0.3) is 5.91 Å². The van der Waals surface area contributed by atoms with Crippen molar-refractivity contribution in [2.75, 3.05) is 29.0 Å². The molecule has 5 aromatic rings. The van der Waals surface area contributed by atoms with Gasteiger partial charge < -0.3 is 15.5 Å². The number of carbonyl (C=O) groups excluding carboxylic acids is 2. The lowest BCUT2D eigenvalue weighted by Crippen LogP contribution is -2.38. The van der Waals surface area contributed by atoms with Crippen LogP contribution >= 0.6 is 0 Å². The van der Waals surface area contributed by atoms with Gasteiger partial charge >= 0.3 is 6.03 Å². The fraction of sp³-hybridized carbons (Fsp3) is 0.325. The van der Waals surface area contributed by atoms with Gasteiger partial charge in [0.1, 0.15) is 5.82 Å². The maximum Gasteiger partial charge on any atom is 0.324 e. The summed E-state index contributed by atoms with van der Waals surface area (Å²) in [6.07, 6.45) is 2.83. The molecule has 2 aromatic heterocycles. The van der Waals surface area contributed by atoms with Crippen LogP contribution in [0.3, 0.4) is 0 Å². The van der Waals surface area contributed by atoms with E-state index in [-0.39, 0.29) is 17.4 Å². The standard InChI is InChI=1S/C40H46N8O2/c1-26-7-17-34(18-8-26)48-36(25-35(46-48)40(4,5)6)45-39(50)44-33-13-9-29(10-14-33)24-30-19-21-47(22-20-30)37(49)31-11-15-32(16-12-31)43-38-41-27(2)23-28(3)42-38/h7-18,23,25,30H,19-22,24H2,1-6H3,(H,41,42,43)(H2,44,45,50). The molecule has 50 heavy (non-hydrogen) atoms. The number of nitrogens with zero attached hydrogens (tertiary/aromatic N) is 5. The SMILES string of the molecule is Cc1ccc(-n2nc(C(C)(C)C)cc2NC(=O)Nc2ccc(CC3CCN(C(=O)c4ccc(Nc5nc(C)cc(C)n5)cc4)CC3)cc2)cc1. The normalized spacial score (nSPS) is 13.6. The molecule has 0 atom stereocenters. The van der Waals surface area contributed by atoms with Gasteiger partial charge in [0.05, 0.1) is 11.4 Å². The minimum atomic E-state index is -0.329. The second-order valence-corrected chi connectivity index (χ2v) is 14.3. The Morgan fingerprint density at radius 3 is 2.02 bits per heavy atom. The molecule has 1 aliphatic rings. The number of hydrogen-bond acceptors (Lipinski definition) is 6. The Morgan fingerprint density at radius 1 is 0.780 bits per heavy atom. The van der Waals surface area contributed by atoms with Crippen LogP contribution in [-0.4, -0.2) is 49.7 Å². The lowest BCUT2D eigenvalue weighted by atomic mass is 9.90. The molecule has 1 fully saturated rings. The first kappa shape index (κ1) is 34.4. The smallest absolute Gasteiger partial charge is 0.324 e. The summed E-state index contributed by atoms with van der Waals surface area (Å²) in [4.78, 5) is 37.1. The summed E-state index contributed by atoms with van der Waals surface area (Å²) in [5.74, 6) is 1.70. The number of aryl methyl sites for hydroxylation is 3. The van der Waals surface area contributed by atoms with Crippen LogP contribution in [0.4, 0.5) is 27.9 Å². The van der Waals surface area contributed by atoms with Gasteiger partial charge in [0.15, 0.2) is 0 Å². The van der Waals surface area contributed by atoms with Gasteiger partial charge in [-0.1, -0.05) is 50.6 Å². The van der Waals surface area contributed by atoms with Crippen LogP contribution in [0.25, 0.3) is 5.69 Å². The van der Waals surface area contributed by atoms with Crippen LogP contribution in [0, 0.1) is 26.7 Å². The largest absolute Gasteiger partial charge is 0.339 e. The van der Waals surface area contributed by atoms with E-state index >= 15 is 0 Å². The van der Waals surface area contributed by atoms with E-state index in [0.717, 1.165) is 66.4 Å². The molecule has 1 saturated heterocycles. The predicted octanol–water partition coefficient (Wildman–Crippen LogP) is 8.37. The van der Waals surface area contributed by atoms with E-state index in [0.29, 0.717) is 28.9 Å². The minimum Gasteiger partial charge on any atom is -0.339 e. The molecule has 3 aromatic carbocycles. The average molecular weight is 671 g/mol. The summed E-state index contributed by atoms with van der Waals surface area (Å²) >= 11 is 0. The Balaban J connectivity index is 0.991. The molecule has 258 valence electrons. The number of benzene rings is 3. The van der Waals surface area contributed by atoms with Crippen molar-refractivity contribution in [3.05, 3.63) is 119 Å². The Hall–Kier alpha value is -5.51. The Bertz CT molecular complexity index is 1930. The summed E-state index contributed by atoms with van der Waals surface area (Å²) in [5.41, 5.74) is 8.00. The van der Waals surface area contributed by atoms with E-state index in [1.165, 1.54) is 5.56 Å². The lowest BCUT2D eigenvalue weighted by molar-refractivity contribution is 0.0690. The zero-order chi connectivity index (χ0) is 35.4. The molecule has 0 unspecified atom stereocenters. The topological polar surface area (TPSA) is 117 Å². The molecule has 3 heterocycles. The lowest BCUT2D eigenvalue weighted by Gasteiger charge is -2.32. The van der Waals surface area contributed by atoms with Crippen LogP contribution in [0.2, 0.25) is 0 Å². The van der Waals surface area contributed by atoms with Crippen LogP contribution in [0.1, 0.15) is 72.2 Å². The van der Waals surface area contributed by atoms with Gasteiger partial charge in [-0.05, 0) is 106 Å². The van der Waals surface area contributed by atoms with Gasteiger partial charge in [-0.15, -0.1) is 0 Å². The number of carbonyl (C=O) groups is 2. The summed E-state index contributed by atoms with van der Waals surface area (Å²) in [7, 11) is 0. The molecule has 10 heteroatoms. The van der Waals surface area contributed by atoms with Crippen molar-refractivity contribution in [3.63, 3.8) is 0 Å². The van der Waals surface area contributed by atoms with E-state index in [1.54, 1.807) is 4.68 Å². The third-order valence-electron chi connectivity index (χ3n) is 9.01. The number of hydrogen-bond donors (Lipinski definition) is 3. The molecule has 0 aliphatic carbocycles. The van der Waals surface area contributed by atoms with Crippen molar-refractivity contribution in [1.29, 1.82) is 0 Å². The highest BCUT2D eigenvalue weighted by molar-refractivity contribution is 5.99. The molecule has 0 spiro atoms. The number of aromatic nitrogens is 4. The van der Waals surface area contributed by atoms with Crippen molar-refractivity contribution in [2.24, 2.45) is 5.92 Å². The third-order valence-corrected chi connectivity index (χ3v) is 9.01. The summed E-state index contributed by atoms with van der Waals surface area (Å²) in [6.45, 7) is 13.7. The highest BCUT2D eigenvalue weighted by atomic mass is 16.2. The zero-order valence-electron chi connectivity index (χ0n) is 29.7. The zero-order valence-corrected chi connectivity index (χ0v) is 29.7. The molecule has 0 radical (unpaired) electrons. The molecule has 0 bridgehead atoms.